The van der Waals surface area contributed by atoms with Gasteiger partial charge in [0, 0.05) is 0 Å². The number of hydrogen-bond donors (Lipinski definition) is 0. The highest BCUT2D eigenvalue weighted by Crippen LogP contribution is 2.30. The van der Waals surface area contributed by atoms with Crippen molar-refractivity contribution in [3.63, 3.8) is 0 Å². The maximum Gasteiger partial charge on any atom is 0.322 e. The molecule has 1 unspecified atom stereocenters. The third-order valence-electron chi connectivity index (χ3n) is 9.96. The normalized spacial score (nSPS) is 15.8. The van der Waals surface area contributed by atoms with E-state index in [1.165, 1.54) is 199 Å². The maximum atomic E-state index is 11.9. The molecule has 0 bridgehead atoms. The summed E-state index contributed by atoms with van der Waals surface area (Å²) in [4.78, 5) is 11.9. The fourth-order valence-electron chi connectivity index (χ4n) is 6.73. The molecule has 0 aliphatic carbocycles. The first-order chi connectivity index (χ1) is 22.8. The summed E-state index contributed by atoms with van der Waals surface area (Å²) >= 11 is 0. The molecule has 0 radical (unpaired) electrons. The van der Waals surface area contributed by atoms with E-state index in [0.29, 0.717) is 0 Å². The summed E-state index contributed by atoms with van der Waals surface area (Å²) in [5.74, 6) is 0.796. The molecule has 1 rings (SSSR count). The molecular formula is C44H80O2. The van der Waals surface area contributed by atoms with E-state index in [9.17, 15) is 4.79 Å². The summed E-state index contributed by atoms with van der Waals surface area (Å²) in [5, 5.41) is 0. The van der Waals surface area contributed by atoms with E-state index < -0.39 is 0 Å². The van der Waals surface area contributed by atoms with Crippen LogP contribution >= 0.6 is 0 Å². The Kier molecular flexibility index (Phi) is 32.5. The topological polar surface area (TPSA) is 26.3 Å². The van der Waals surface area contributed by atoms with Crippen LogP contribution in [-0.2, 0) is 9.53 Å². The molecule has 1 heterocycles. The van der Waals surface area contributed by atoms with Crippen LogP contribution in [0.2, 0.25) is 0 Å². The summed E-state index contributed by atoms with van der Waals surface area (Å²) in [7, 11) is 0. The van der Waals surface area contributed by atoms with Crippen LogP contribution in [0.25, 0.3) is 0 Å². The van der Waals surface area contributed by atoms with Crippen molar-refractivity contribution in [3.05, 3.63) is 36.1 Å². The zero-order valence-corrected chi connectivity index (χ0v) is 31.3. The molecule has 1 saturated heterocycles. The lowest BCUT2D eigenvalue weighted by atomic mass is 9.96. The van der Waals surface area contributed by atoms with Gasteiger partial charge in [0.15, 0.2) is 0 Å². The van der Waals surface area contributed by atoms with Gasteiger partial charge in [-0.3, -0.25) is 4.79 Å². The van der Waals surface area contributed by atoms with Gasteiger partial charge in [0.2, 0.25) is 0 Å². The first kappa shape index (κ1) is 42.7. The van der Waals surface area contributed by atoms with Crippen molar-refractivity contribution in [1.29, 1.82) is 0 Å². The highest BCUT2D eigenvalue weighted by molar-refractivity contribution is 5.83. The predicted molar refractivity (Wildman–Crippen MR) is 204 cm³/mol. The lowest BCUT2D eigenvalue weighted by Crippen LogP contribution is -2.31. The molecule has 46 heavy (non-hydrogen) atoms. The third-order valence-corrected chi connectivity index (χ3v) is 9.96. The maximum absolute atomic E-state index is 11.9. The van der Waals surface area contributed by atoms with Gasteiger partial charge in [-0.1, -0.05) is 218 Å². The highest BCUT2D eigenvalue weighted by atomic mass is 16.6. The monoisotopic (exact) mass is 641 g/mol. The predicted octanol–water partition coefficient (Wildman–Crippen LogP) is 15.5. The van der Waals surface area contributed by atoms with Crippen molar-refractivity contribution >= 4 is 5.97 Å². The quantitative estimate of drug-likeness (QED) is 0.0387. The number of allylic oxidation sites excluding steroid dienone is 5. The minimum atomic E-state index is -0.0512. The van der Waals surface area contributed by atoms with Crippen LogP contribution < -0.4 is 0 Å². The van der Waals surface area contributed by atoms with Gasteiger partial charge in [0.1, 0.15) is 11.7 Å². The van der Waals surface area contributed by atoms with E-state index in [0.717, 1.165) is 25.0 Å². The second-order valence-electron chi connectivity index (χ2n) is 14.5. The van der Waals surface area contributed by atoms with Gasteiger partial charge in [-0.05, 0) is 44.6 Å². The average Bonchev–Trinajstić information content (AvgIpc) is 3.06. The molecule has 0 amide bonds. The van der Waals surface area contributed by atoms with Crippen LogP contribution in [0.15, 0.2) is 36.1 Å². The van der Waals surface area contributed by atoms with Gasteiger partial charge in [-0.15, -0.1) is 0 Å². The first-order valence-electron chi connectivity index (χ1n) is 21.0. The lowest BCUT2D eigenvalue weighted by Gasteiger charge is -2.26. The van der Waals surface area contributed by atoms with Crippen molar-refractivity contribution in [2.75, 3.05) is 0 Å². The van der Waals surface area contributed by atoms with Crippen molar-refractivity contribution in [2.24, 2.45) is 5.92 Å². The fraction of sp³-hybridized carbons (Fsp3) is 0.841. The van der Waals surface area contributed by atoms with E-state index in [1.807, 2.05) is 0 Å². The summed E-state index contributed by atoms with van der Waals surface area (Å²) < 4.78 is 5.33. The van der Waals surface area contributed by atoms with Gasteiger partial charge in [-0.2, -0.15) is 0 Å². The molecule has 1 atom stereocenters. The standard InChI is InChI=1S/C44H80O2/c1-3-5-7-9-11-13-15-17-19-21-23-25-27-29-31-33-35-37-39-41-43-42(44(45)46-43)40-38-36-34-32-30-28-26-24-22-20-18-16-14-12-10-8-6-4-2/h35-38,41-42H,3-34,39-40H2,1-2H3/b37-35+,38-36+,43-41+. The second-order valence-corrected chi connectivity index (χ2v) is 14.5. The van der Waals surface area contributed by atoms with Gasteiger partial charge < -0.3 is 4.74 Å². The van der Waals surface area contributed by atoms with Crippen LogP contribution in [0.3, 0.4) is 0 Å². The number of cyclic esters (lactones) is 1. The van der Waals surface area contributed by atoms with Gasteiger partial charge >= 0.3 is 5.97 Å². The molecule has 268 valence electrons. The number of carbonyl (C=O) groups is 1. The molecule has 2 heteroatoms. The number of ether oxygens (including phenoxy) is 1. The van der Waals surface area contributed by atoms with Crippen LogP contribution in [0.1, 0.15) is 232 Å². The van der Waals surface area contributed by atoms with E-state index in [4.69, 9.17) is 4.74 Å². The number of unbranched alkanes of at least 4 members (excludes halogenated alkanes) is 30. The summed E-state index contributed by atoms with van der Waals surface area (Å²) in [5.41, 5.74) is 0. The molecule has 0 saturated carbocycles. The molecule has 0 aromatic rings. The van der Waals surface area contributed by atoms with E-state index >= 15 is 0 Å². The Morgan fingerprint density at radius 2 is 0.761 bits per heavy atom. The number of hydrogen-bond acceptors (Lipinski definition) is 2. The Labute approximate surface area is 289 Å². The zero-order valence-electron chi connectivity index (χ0n) is 31.3. The zero-order chi connectivity index (χ0) is 33.0. The molecular weight excluding hydrogens is 560 g/mol. The Bertz CT molecular complexity index is 732. The molecule has 0 aromatic heterocycles. The van der Waals surface area contributed by atoms with Crippen molar-refractivity contribution in [1.82, 2.24) is 0 Å². The van der Waals surface area contributed by atoms with Gasteiger partial charge in [0.05, 0.1) is 0 Å². The molecule has 1 fully saturated rings. The van der Waals surface area contributed by atoms with Crippen LogP contribution in [0, 0.1) is 5.92 Å². The Balaban J connectivity index is 1.87. The minimum absolute atomic E-state index is 0.0405. The number of rotatable bonds is 36. The van der Waals surface area contributed by atoms with Crippen LogP contribution in [0.4, 0.5) is 0 Å². The van der Waals surface area contributed by atoms with E-state index in [2.05, 4.69) is 44.2 Å². The molecule has 0 spiro atoms. The van der Waals surface area contributed by atoms with Crippen molar-refractivity contribution in [2.45, 2.75) is 232 Å². The Hall–Kier alpha value is -1.31. The summed E-state index contributed by atoms with van der Waals surface area (Å²) in [6, 6.07) is 0. The van der Waals surface area contributed by atoms with Crippen LogP contribution in [-0.4, -0.2) is 5.97 Å². The van der Waals surface area contributed by atoms with Crippen molar-refractivity contribution in [3.8, 4) is 0 Å². The smallest absolute Gasteiger partial charge is 0.322 e. The third kappa shape index (κ3) is 27.8. The Morgan fingerprint density at radius 3 is 1.11 bits per heavy atom. The summed E-state index contributed by atoms with van der Waals surface area (Å²) in [6.07, 6.45) is 57.5. The highest BCUT2D eigenvalue weighted by Gasteiger charge is 2.35. The average molecular weight is 641 g/mol. The minimum Gasteiger partial charge on any atom is -0.430 e. The molecule has 0 aromatic carbocycles. The van der Waals surface area contributed by atoms with Crippen LogP contribution in [0.5, 0.6) is 0 Å². The molecule has 0 N–H and O–H groups in total. The Morgan fingerprint density at radius 1 is 0.435 bits per heavy atom. The second kappa shape index (κ2) is 35.0. The van der Waals surface area contributed by atoms with E-state index in [-0.39, 0.29) is 11.9 Å². The SMILES string of the molecule is CCCCCCCCCCCCCCCCC/C=C/C/C=C1/OC(=O)C1C/C=C/CCCCCCCCCCCCCCCCC. The largest absolute Gasteiger partial charge is 0.430 e. The lowest BCUT2D eigenvalue weighted by molar-refractivity contribution is -0.156. The molecule has 2 nitrogen and oxygen atoms in total. The van der Waals surface area contributed by atoms with Crippen molar-refractivity contribution < 1.29 is 9.53 Å². The van der Waals surface area contributed by atoms with Gasteiger partial charge in [0.25, 0.3) is 0 Å². The molecule has 1 aliphatic rings. The fourth-order valence-corrected chi connectivity index (χ4v) is 6.73. The summed E-state index contributed by atoms with van der Waals surface area (Å²) in [6.45, 7) is 4.59. The number of esters is 1. The first-order valence-corrected chi connectivity index (χ1v) is 21.0. The molecule has 1 aliphatic heterocycles. The van der Waals surface area contributed by atoms with E-state index in [1.54, 1.807) is 0 Å². The van der Waals surface area contributed by atoms with Gasteiger partial charge in [-0.25, -0.2) is 0 Å². The number of carbonyl (C=O) groups excluding carboxylic acids is 1.